The fourth-order valence-corrected chi connectivity index (χ4v) is 2.79. The molecule has 0 spiro atoms. The van der Waals surface area contributed by atoms with Gasteiger partial charge in [-0.3, -0.25) is 4.79 Å². The number of anilines is 1. The topological polar surface area (TPSA) is 68.3 Å². The number of esters is 1. The van der Waals surface area contributed by atoms with Crippen molar-refractivity contribution >= 4 is 17.6 Å². The predicted octanol–water partition coefficient (Wildman–Crippen LogP) is 2.98. The molecule has 0 fully saturated rings. The summed E-state index contributed by atoms with van der Waals surface area (Å²) in [6.07, 6.45) is 0. The Balaban J connectivity index is 1.99. The third-order valence-corrected chi connectivity index (χ3v) is 4.48. The van der Waals surface area contributed by atoms with Crippen LogP contribution in [0, 0.1) is 0 Å². The van der Waals surface area contributed by atoms with Crippen LogP contribution in [0.15, 0.2) is 42.5 Å². The number of amides is 1. The molecule has 0 radical (unpaired) electrons. The lowest BCUT2D eigenvalue weighted by atomic mass is 10.2. The minimum absolute atomic E-state index is 0.264. The van der Waals surface area contributed by atoms with Crippen LogP contribution >= 0.6 is 0 Å². The lowest BCUT2D eigenvalue weighted by Crippen LogP contribution is -2.34. The second-order valence-corrected chi connectivity index (χ2v) is 6.62. The average molecular weight is 400 g/mol. The minimum atomic E-state index is -0.524. The molecule has 7 heteroatoms. The van der Waals surface area contributed by atoms with Crippen LogP contribution in [0.5, 0.6) is 11.5 Å². The van der Waals surface area contributed by atoms with Crippen LogP contribution in [0.2, 0.25) is 0 Å². The quantitative estimate of drug-likeness (QED) is 0.603. The van der Waals surface area contributed by atoms with Crippen LogP contribution in [0.25, 0.3) is 0 Å². The lowest BCUT2D eigenvalue weighted by Gasteiger charge is -2.21. The fourth-order valence-electron chi connectivity index (χ4n) is 2.79. The Morgan fingerprint density at radius 3 is 2.31 bits per heavy atom. The number of benzene rings is 2. The van der Waals surface area contributed by atoms with Crippen LogP contribution in [0.1, 0.15) is 22.8 Å². The average Bonchev–Trinajstić information content (AvgIpc) is 2.75. The van der Waals surface area contributed by atoms with Crippen LogP contribution in [-0.4, -0.2) is 58.2 Å². The standard InChI is InChI=1S/C22H28N2O5/c1-6-24(14-16-10-11-19(27-4)20(12-16)28-5)21(25)15-29-22(26)17-8-7-9-18(13-17)23(2)3/h7-13H,6,14-15H2,1-5H3. The molecule has 0 atom stereocenters. The highest BCUT2D eigenvalue weighted by molar-refractivity contribution is 5.92. The molecular weight excluding hydrogens is 372 g/mol. The first-order valence-corrected chi connectivity index (χ1v) is 9.32. The van der Waals surface area contributed by atoms with Crippen molar-refractivity contribution in [2.75, 3.05) is 46.4 Å². The van der Waals surface area contributed by atoms with Crippen LogP contribution < -0.4 is 14.4 Å². The smallest absolute Gasteiger partial charge is 0.338 e. The highest BCUT2D eigenvalue weighted by atomic mass is 16.5. The maximum absolute atomic E-state index is 12.6. The van der Waals surface area contributed by atoms with Gasteiger partial charge in [-0.1, -0.05) is 12.1 Å². The van der Waals surface area contributed by atoms with Gasteiger partial charge in [0, 0.05) is 32.9 Å². The maximum Gasteiger partial charge on any atom is 0.338 e. The number of hydrogen-bond donors (Lipinski definition) is 0. The number of ether oxygens (including phenoxy) is 3. The molecule has 2 rings (SSSR count). The van der Waals surface area contributed by atoms with Crippen LogP contribution in [0.4, 0.5) is 5.69 Å². The summed E-state index contributed by atoms with van der Waals surface area (Å²) in [4.78, 5) is 28.4. The molecule has 2 aromatic carbocycles. The Bertz CT molecular complexity index is 851. The van der Waals surface area contributed by atoms with E-state index in [0.29, 0.717) is 30.2 Å². The van der Waals surface area contributed by atoms with Crippen molar-refractivity contribution in [3.63, 3.8) is 0 Å². The summed E-state index contributed by atoms with van der Waals surface area (Å²) >= 11 is 0. The van der Waals surface area contributed by atoms with E-state index in [1.54, 1.807) is 43.4 Å². The zero-order valence-corrected chi connectivity index (χ0v) is 17.6. The summed E-state index contributed by atoms with van der Waals surface area (Å²) < 4.78 is 15.8. The van der Waals surface area contributed by atoms with Crippen LogP contribution in [-0.2, 0) is 16.1 Å². The molecular formula is C22H28N2O5. The summed E-state index contributed by atoms with van der Waals surface area (Å²) in [5, 5.41) is 0. The molecule has 2 aromatic rings. The summed E-state index contributed by atoms with van der Waals surface area (Å²) in [7, 11) is 6.92. The van der Waals surface area contributed by atoms with Gasteiger partial charge in [0.2, 0.25) is 0 Å². The normalized spacial score (nSPS) is 10.2. The third-order valence-electron chi connectivity index (χ3n) is 4.48. The molecule has 0 bridgehead atoms. The predicted molar refractivity (Wildman–Crippen MR) is 112 cm³/mol. The van der Waals surface area contributed by atoms with E-state index in [-0.39, 0.29) is 12.5 Å². The van der Waals surface area contributed by atoms with E-state index in [1.807, 2.05) is 44.1 Å². The Morgan fingerprint density at radius 2 is 1.69 bits per heavy atom. The van der Waals surface area contributed by atoms with Crippen molar-refractivity contribution in [3.05, 3.63) is 53.6 Å². The van der Waals surface area contributed by atoms with Gasteiger partial charge in [-0.2, -0.15) is 0 Å². The number of hydrogen-bond acceptors (Lipinski definition) is 6. The van der Waals surface area contributed by atoms with E-state index >= 15 is 0 Å². The second kappa shape index (κ2) is 10.4. The molecule has 0 heterocycles. The SMILES string of the molecule is CCN(Cc1ccc(OC)c(OC)c1)C(=O)COC(=O)c1cccc(N(C)C)c1. The lowest BCUT2D eigenvalue weighted by molar-refractivity contribution is -0.134. The number of methoxy groups -OCH3 is 2. The van der Waals surface area contributed by atoms with E-state index in [1.165, 1.54) is 0 Å². The summed E-state index contributed by atoms with van der Waals surface area (Å²) in [6.45, 7) is 2.43. The molecule has 0 N–H and O–H groups in total. The highest BCUT2D eigenvalue weighted by Gasteiger charge is 2.17. The van der Waals surface area contributed by atoms with E-state index in [9.17, 15) is 9.59 Å². The first kappa shape index (κ1) is 22.1. The van der Waals surface area contributed by atoms with Crippen LogP contribution in [0.3, 0.4) is 0 Å². The Kier molecular flexibility index (Phi) is 7.88. The Morgan fingerprint density at radius 1 is 0.966 bits per heavy atom. The number of rotatable bonds is 9. The fraction of sp³-hybridized carbons (Fsp3) is 0.364. The van der Waals surface area contributed by atoms with Crippen molar-refractivity contribution < 1.29 is 23.8 Å². The van der Waals surface area contributed by atoms with Gasteiger partial charge >= 0.3 is 5.97 Å². The van der Waals surface area contributed by atoms with E-state index in [0.717, 1.165) is 11.3 Å². The molecule has 29 heavy (non-hydrogen) atoms. The largest absolute Gasteiger partial charge is 0.493 e. The van der Waals surface area contributed by atoms with E-state index < -0.39 is 5.97 Å². The van der Waals surface area contributed by atoms with Crippen molar-refractivity contribution in [2.24, 2.45) is 0 Å². The Labute approximate surface area is 171 Å². The second-order valence-electron chi connectivity index (χ2n) is 6.62. The zero-order valence-electron chi connectivity index (χ0n) is 17.6. The minimum Gasteiger partial charge on any atom is -0.493 e. The monoisotopic (exact) mass is 400 g/mol. The van der Waals surface area contributed by atoms with Crippen molar-refractivity contribution in [2.45, 2.75) is 13.5 Å². The van der Waals surface area contributed by atoms with Gasteiger partial charge in [0.25, 0.3) is 5.91 Å². The summed E-state index contributed by atoms with van der Waals surface area (Å²) in [5.41, 5.74) is 2.18. The van der Waals surface area contributed by atoms with Gasteiger partial charge in [0.1, 0.15) is 0 Å². The number of nitrogens with zero attached hydrogens (tertiary/aromatic N) is 2. The highest BCUT2D eigenvalue weighted by Crippen LogP contribution is 2.28. The van der Waals surface area contributed by atoms with Gasteiger partial charge in [-0.25, -0.2) is 4.79 Å². The van der Waals surface area contributed by atoms with Gasteiger partial charge in [-0.05, 0) is 42.8 Å². The molecule has 7 nitrogen and oxygen atoms in total. The molecule has 1 amide bonds. The van der Waals surface area contributed by atoms with Crippen molar-refractivity contribution in [1.82, 2.24) is 4.90 Å². The van der Waals surface area contributed by atoms with Crippen molar-refractivity contribution in [3.8, 4) is 11.5 Å². The molecule has 0 saturated carbocycles. The van der Waals surface area contributed by atoms with Crippen molar-refractivity contribution in [1.29, 1.82) is 0 Å². The first-order chi connectivity index (χ1) is 13.9. The number of likely N-dealkylation sites (N-methyl/N-ethyl adjacent to an activating group) is 1. The number of carbonyl (C=O) groups is 2. The molecule has 0 aliphatic rings. The van der Waals surface area contributed by atoms with Gasteiger partial charge in [0.15, 0.2) is 18.1 Å². The van der Waals surface area contributed by atoms with E-state index in [4.69, 9.17) is 14.2 Å². The molecule has 0 aliphatic carbocycles. The molecule has 0 aromatic heterocycles. The van der Waals surface area contributed by atoms with Gasteiger partial charge < -0.3 is 24.0 Å². The number of carbonyl (C=O) groups excluding carboxylic acids is 2. The Hall–Kier alpha value is -3.22. The summed E-state index contributed by atoms with van der Waals surface area (Å²) in [6, 6.07) is 12.6. The summed E-state index contributed by atoms with van der Waals surface area (Å²) in [5.74, 6) is 0.434. The first-order valence-electron chi connectivity index (χ1n) is 9.32. The molecule has 0 saturated heterocycles. The molecule has 156 valence electrons. The zero-order chi connectivity index (χ0) is 21.4. The van der Waals surface area contributed by atoms with E-state index in [2.05, 4.69) is 0 Å². The maximum atomic E-state index is 12.6. The third kappa shape index (κ3) is 5.88. The molecule has 0 aliphatic heterocycles. The molecule has 0 unspecified atom stereocenters. The van der Waals surface area contributed by atoms with Gasteiger partial charge in [-0.15, -0.1) is 0 Å². The van der Waals surface area contributed by atoms with Gasteiger partial charge in [0.05, 0.1) is 19.8 Å².